The minimum absolute atomic E-state index is 0.438. The number of carboxylic acids is 1. The summed E-state index contributed by atoms with van der Waals surface area (Å²) in [7, 11) is 0. The highest BCUT2D eigenvalue weighted by Gasteiger charge is 2.10. The Morgan fingerprint density at radius 1 is 1.43 bits per heavy atom. The third kappa shape index (κ3) is 2.59. The first kappa shape index (κ1) is 10.8. The second kappa shape index (κ2) is 4.80. The van der Waals surface area contributed by atoms with E-state index in [1.807, 2.05) is 12.1 Å². The summed E-state index contributed by atoms with van der Waals surface area (Å²) in [5, 5.41) is 8.95. The summed E-state index contributed by atoms with van der Waals surface area (Å²) in [5.41, 5.74) is 1.38. The molecule has 0 aliphatic rings. The average molecular weight is 192 g/mol. The van der Waals surface area contributed by atoms with Crippen LogP contribution in [0.25, 0.3) is 0 Å². The topological polar surface area (TPSA) is 37.3 Å². The fraction of sp³-hybridized carbons (Fsp3) is 0.417. The molecular weight excluding hydrogens is 176 g/mol. The van der Waals surface area contributed by atoms with Crippen LogP contribution in [0.5, 0.6) is 0 Å². The summed E-state index contributed by atoms with van der Waals surface area (Å²) in [6, 6.07) is 7.23. The molecule has 1 atom stereocenters. The first-order valence-electron chi connectivity index (χ1n) is 4.96. The van der Waals surface area contributed by atoms with E-state index in [1.165, 1.54) is 0 Å². The molecule has 0 bridgehead atoms. The third-order valence-corrected chi connectivity index (χ3v) is 2.51. The zero-order valence-corrected chi connectivity index (χ0v) is 8.66. The van der Waals surface area contributed by atoms with E-state index in [-0.39, 0.29) is 0 Å². The molecule has 0 aliphatic heterocycles. The normalized spacial score (nSPS) is 12.4. The van der Waals surface area contributed by atoms with Crippen LogP contribution in [-0.4, -0.2) is 11.1 Å². The zero-order chi connectivity index (χ0) is 10.6. The number of aromatic carboxylic acids is 1. The van der Waals surface area contributed by atoms with Crippen LogP contribution in [0, 0.1) is 5.92 Å². The van der Waals surface area contributed by atoms with Crippen molar-refractivity contribution in [3.8, 4) is 0 Å². The Morgan fingerprint density at radius 3 is 2.64 bits per heavy atom. The van der Waals surface area contributed by atoms with Crippen molar-refractivity contribution in [3.05, 3.63) is 35.4 Å². The zero-order valence-electron chi connectivity index (χ0n) is 8.66. The van der Waals surface area contributed by atoms with Gasteiger partial charge in [0, 0.05) is 0 Å². The minimum Gasteiger partial charge on any atom is -0.478 e. The molecular formula is C12H16O2. The van der Waals surface area contributed by atoms with E-state index in [0.29, 0.717) is 11.5 Å². The molecule has 2 nitrogen and oxygen atoms in total. The first-order valence-corrected chi connectivity index (χ1v) is 4.96. The van der Waals surface area contributed by atoms with Crippen molar-refractivity contribution in [2.45, 2.75) is 26.7 Å². The Kier molecular flexibility index (Phi) is 3.69. The van der Waals surface area contributed by atoms with Crippen LogP contribution in [0.3, 0.4) is 0 Å². The lowest BCUT2D eigenvalue weighted by Crippen LogP contribution is -2.06. The van der Waals surface area contributed by atoms with Crippen molar-refractivity contribution in [1.82, 2.24) is 0 Å². The van der Waals surface area contributed by atoms with Gasteiger partial charge in [-0.3, -0.25) is 0 Å². The fourth-order valence-electron chi connectivity index (χ4n) is 1.43. The maximum atomic E-state index is 10.9. The van der Waals surface area contributed by atoms with E-state index in [4.69, 9.17) is 5.11 Å². The van der Waals surface area contributed by atoms with Gasteiger partial charge in [-0.2, -0.15) is 0 Å². The summed E-state index contributed by atoms with van der Waals surface area (Å²) in [6.45, 7) is 4.26. The minimum atomic E-state index is -0.830. The van der Waals surface area contributed by atoms with Gasteiger partial charge in [0.25, 0.3) is 0 Å². The molecule has 0 fully saturated rings. The SMILES string of the molecule is CC[C@H](C)Cc1ccccc1C(=O)O. The molecule has 0 aliphatic carbocycles. The van der Waals surface area contributed by atoms with Crippen molar-refractivity contribution >= 4 is 5.97 Å². The van der Waals surface area contributed by atoms with E-state index in [9.17, 15) is 4.79 Å². The van der Waals surface area contributed by atoms with E-state index in [1.54, 1.807) is 12.1 Å². The van der Waals surface area contributed by atoms with Gasteiger partial charge in [-0.05, 0) is 24.0 Å². The van der Waals surface area contributed by atoms with E-state index >= 15 is 0 Å². The monoisotopic (exact) mass is 192 g/mol. The summed E-state index contributed by atoms with van der Waals surface area (Å²) in [6.07, 6.45) is 1.92. The highest BCUT2D eigenvalue weighted by Crippen LogP contribution is 2.15. The molecule has 0 saturated heterocycles. The average Bonchev–Trinajstić information content (AvgIpc) is 2.18. The van der Waals surface area contributed by atoms with E-state index < -0.39 is 5.97 Å². The molecule has 0 heterocycles. The molecule has 1 rings (SSSR count). The molecule has 0 saturated carbocycles. The molecule has 0 unspecified atom stereocenters. The van der Waals surface area contributed by atoms with Gasteiger partial charge in [0.1, 0.15) is 0 Å². The van der Waals surface area contributed by atoms with Crippen LogP contribution in [0.4, 0.5) is 0 Å². The summed E-state index contributed by atoms with van der Waals surface area (Å²) in [5.74, 6) is -0.292. The van der Waals surface area contributed by atoms with Crippen LogP contribution in [0.2, 0.25) is 0 Å². The first-order chi connectivity index (χ1) is 6.65. The Morgan fingerprint density at radius 2 is 2.07 bits per heavy atom. The number of hydrogen-bond acceptors (Lipinski definition) is 1. The molecule has 0 amide bonds. The number of benzene rings is 1. The number of carboxylic acid groups (broad SMARTS) is 1. The number of carbonyl (C=O) groups is 1. The molecule has 1 N–H and O–H groups in total. The third-order valence-electron chi connectivity index (χ3n) is 2.51. The lowest BCUT2D eigenvalue weighted by molar-refractivity contribution is 0.0695. The summed E-state index contributed by atoms with van der Waals surface area (Å²) in [4.78, 5) is 10.9. The Balaban J connectivity index is 2.90. The molecule has 0 spiro atoms. The van der Waals surface area contributed by atoms with Crippen LogP contribution in [0.15, 0.2) is 24.3 Å². The van der Waals surface area contributed by atoms with Crippen LogP contribution in [0.1, 0.15) is 36.2 Å². The van der Waals surface area contributed by atoms with Crippen molar-refractivity contribution in [1.29, 1.82) is 0 Å². The molecule has 76 valence electrons. The van der Waals surface area contributed by atoms with Gasteiger partial charge in [-0.25, -0.2) is 4.79 Å². The van der Waals surface area contributed by atoms with Gasteiger partial charge < -0.3 is 5.11 Å². The van der Waals surface area contributed by atoms with E-state index in [2.05, 4.69) is 13.8 Å². The maximum Gasteiger partial charge on any atom is 0.335 e. The van der Waals surface area contributed by atoms with Crippen molar-refractivity contribution < 1.29 is 9.90 Å². The lowest BCUT2D eigenvalue weighted by atomic mass is 9.95. The van der Waals surface area contributed by atoms with Gasteiger partial charge in [0.15, 0.2) is 0 Å². The van der Waals surface area contributed by atoms with Crippen molar-refractivity contribution in [3.63, 3.8) is 0 Å². The number of rotatable bonds is 4. The van der Waals surface area contributed by atoms with Gasteiger partial charge in [-0.15, -0.1) is 0 Å². The molecule has 0 radical (unpaired) electrons. The predicted molar refractivity (Wildman–Crippen MR) is 56.6 cm³/mol. The second-order valence-electron chi connectivity index (χ2n) is 3.68. The Labute approximate surface area is 84.6 Å². The van der Waals surface area contributed by atoms with Gasteiger partial charge in [0.05, 0.1) is 5.56 Å². The molecule has 1 aromatic carbocycles. The second-order valence-corrected chi connectivity index (χ2v) is 3.68. The smallest absolute Gasteiger partial charge is 0.335 e. The Bertz CT molecular complexity index is 318. The summed E-state index contributed by atoms with van der Waals surface area (Å²) < 4.78 is 0. The molecule has 0 aromatic heterocycles. The van der Waals surface area contributed by atoms with Gasteiger partial charge in [0.2, 0.25) is 0 Å². The molecule has 2 heteroatoms. The van der Waals surface area contributed by atoms with E-state index in [0.717, 1.165) is 18.4 Å². The predicted octanol–water partition coefficient (Wildman–Crippen LogP) is 2.97. The summed E-state index contributed by atoms with van der Waals surface area (Å²) >= 11 is 0. The van der Waals surface area contributed by atoms with Gasteiger partial charge >= 0.3 is 5.97 Å². The molecule has 14 heavy (non-hydrogen) atoms. The van der Waals surface area contributed by atoms with Crippen LogP contribution < -0.4 is 0 Å². The highest BCUT2D eigenvalue weighted by atomic mass is 16.4. The Hall–Kier alpha value is -1.31. The van der Waals surface area contributed by atoms with Crippen molar-refractivity contribution in [2.75, 3.05) is 0 Å². The highest BCUT2D eigenvalue weighted by molar-refractivity contribution is 5.89. The van der Waals surface area contributed by atoms with Crippen LogP contribution >= 0.6 is 0 Å². The largest absolute Gasteiger partial charge is 0.478 e. The molecule has 1 aromatic rings. The number of hydrogen-bond donors (Lipinski definition) is 1. The van der Waals surface area contributed by atoms with Crippen molar-refractivity contribution in [2.24, 2.45) is 5.92 Å². The standard InChI is InChI=1S/C12H16O2/c1-3-9(2)8-10-6-4-5-7-11(10)12(13)14/h4-7,9H,3,8H2,1-2H3,(H,13,14)/t9-/m0/s1. The lowest BCUT2D eigenvalue weighted by Gasteiger charge is -2.10. The quantitative estimate of drug-likeness (QED) is 0.796. The maximum absolute atomic E-state index is 10.9. The van der Waals surface area contributed by atoms with Gasteiger partial charge in [-0.1, -0.05) is 38.5 Å². The van der Waals surface area contributed by atoms with Crippen LogP contribution in [-0.2, 0) is 6.42 Å². The fourth-order valence-corrected chi connectivity index (χ4v) is 1.43.